The molecule has 1 saturated heterocycles. The van der Waals surface area contributed by atoms with Crippen LogP contribution in [0.25, 0.3) is 0 Å². The molecule has 1 amide bonds. The highest BCUT2D eigenvalue weighted by Crippen LogP contribution is 2.24. The van der Waals surface area contributed by atoms with E-state index in [2.05, 4.69) is 4.90 Å². The molecule has 33 heavy (non-hydrogen) atoms. The summed E-state index contributed by atoms with van der Waals surface area (Å²) in [6.45, 7) is 6.64. The third kappa shape index (κ3) is 7.45. The maximum atomic E-state index is 12.5. The smallest absolute Gasteiger partial charge is 0.303 e. The van der Waals surface area contributed by atoms with E-state index in [1.165, 1.54) is 6.92 Å². The molecule has 2 atom stereocenters. The third-order valence-corrected chi connectivity index (χ3v) is 5.88. The van der Waals surface area contributed by atoms with Crippen molar-refractivity contribution in [3.05, 3.63) is 64.7 Å². The Balaban J connectivity index is 1.61. The zero-order valence-electron chi connectivity index (χ0n) is 19.3. The number of esters is 1. The first-order valence-electron chi connectivity index (χ1n) is 11.0. The summed E-state index contributed by atoms with van der Waals surface area (Å²) in [5.41, 5.74) is 2.08. The Morgan fingerprint density at radius 1 is 1.06 bits per heavy atom. The Morgan fingerprint density at radius 3 is 2.39 bits per heavy atom. The number of carbonyl (C=O) groups is 2. The van der Waals surface area contributed by atoms with Gasteiger partial charge in [0.2, 0.25) is 0 Å². The summed E-state index contributed by atoms with van der Waals surface area (Å²) in [5.74, 6) is 0.185. The van der Waals surface area contributed by atoms with Crippen LogP contribution in [0, 0.1) is 0 Å². The van der Waals surface area contributed by atoms with Crippen LogP contribution in [-0.2, 0) is 25.7 Å². The summed E-state index contributed by atoms with van der Waals surface area (Å²) < 4.78 is 16.7. The van der Waals surface area contributed by atoms with E-state index < -0.39 is 12.1 Å². The number of hydrogen-bond donors (Lipinski definition) is 0. The molecule has 8 heteroatoms. The van der Waals surface area contributed by atoms with Crippen LogP contribution in [0.3, 0.4) is 0 Å². The van der Waals surface area contributed by atoms with Gasteiger partial charge in [-0.1, -0.05) is 35.9 Å². The summed E-state index contributed by atoms with van der Waals surface area (Å²) in [7, 11) is 1.65. The number of nitrogens with zero attached hydrogens (tertiary/aromatic N) is 2. The number of methoxy groups -OCH3 is 1. The Morgan fingerprint density at radius 2 is 1.76 bits per heavy atom. The highest BCUT2D eigenvalue weighted by molar-refractivity contribution is 6.30. The van der Waals surface area contributed by atoms with E-state index in [0.29, 0.717) is 44.4 Å². The van der Waals surface area contributed by atoms with Crippen LogP contribution in [0.2, 0.25) is 5.02 Å². The summed E-state index contributed by atoms with van der Waals surface area (Å²) in [6.07, 6.45) is -0.919. The SMILES string of the molecule is COc1cccc(COC(CN2CCN(C(=O)[C@H](C)OC(C)=O)CC2)c2ccc(Cl)cc2)c1. The number of carbonyl (C=O) groups excluding carboxylic acids is 2. The van der Waals surface area contributed by atoms with Crippen molar-refractivity contribution in [1.82, 2.24) is 9.80 Å². The van der Waals surface area contributed by atoms with Gasteiger partial charge < -0.3 is 19.1 Å². The van der Waals surface area contributed by atoms with Gasteiger partial charge in [-0.05, 0) is 42.3 Å². The average Bonchev–Trinajstić information content (AvgIpc) is 2.82. The van der Waals surface area contributed by atoms with Gasteiger partial charge in [-0.3, -0.25) is 14.5 Å². The van der Waals surface area contributed by atoms with E-state index in [4.69, 9.17) is 25.8 Å². The normalized spacial score (nSPS) is 16.2. The molecule has 3 rings (SSSR count). The second-order valence-corrected chi connectivity index (χ2v) is 8.52. The van der Waals surface area contributed by atoms with Gasteiger partial charge in [-0.15, -0.1) is 0 Å². The fraction of sp³-hybridized carbons (Fsp3) is 0.440. The summed E-state index contributed by atoms with van der Waals surface area (Å²) >= 11 is 6.08. The van der Waals surface area contributed by atoms with Crippen molar-refractivity contribution in [2.45, 2.75) is 32.7 Å². The molecule has 0 radical (unpaired) electrons. The Hall–Kier alpha value is -2.61. The molecule has 7 nitrogen and oxygen atoms in total. The molecule has 0 aromatic heterocycles. The standard InChI is InChI=1S/C25H31ClN2O5/c1-18(33-19(2)29)25(30)28-13-11-27(12-14-28)16-24(21-7-9-22(26)10-8-21)32-17-20-5-4-6-23(15-20)31-3/h4-10,15,18,24H,11-14,16-17H2,1-3H3/t18-,24?/m0/s1. The van der Waals surface area contributed by atoms with E-state index in [1.54, 1.807) is 18.9 Å². The largest absolute Gasteiger partial charge is 0.497 e. The lowest BCUT2D eigenvalue weighted by Crippen LogP contribution is -2.52. The fourth-order valence-corrected chi connectivity index (χ4v) is 3.96. The molecular weight excluding hydrogens is 444 g/mol. The highest BCUT2D eigenvalue weighted by atomic mass is 35.5. The lowest BCUT2D eigenvalue weighted by molar-refractivity contribution is -0.158. The van der Waals surface area contributed by atoms with Gasteiger partial charge in [-0.25, -0.2) is 0 Å². The minimum atomic E-state index is -0.762. The number of amides is 1. The molecule has 0 bridgehead atoms. The number of ether oxygens (including phenoxy) is 3. The lowest BCUT2D eigenvalue weighted by Gasteiger charge is -2.37. The number of piperazine rings is 1. The van der Waals surface area contributed by atoms with Crippen LogP contribution < -0.4 is 4.74 Å². The molecule has 1 fully saturated rings. The van der Waals surface area contributed by atoms with Crippen LogP contribution in [-0.4, -0.2) is 67.6 Å². The zero-order valence-corrected chi connectivity index (χ0v) is 20.1. The second-order valence-electron chi connectivity index (χ2n) is 8.08. The van der Waals surface area contributed by atoms with Crippen molar-refractivity contribution in [1.29, 1.82) is 0 Å². The van der Waals surface area contributed by atoms with Crippen molar-refractivity contribution >= 4 is 23.5 Å². The van der Waals surface area contributed by atoms with Crippen molar-refractivity contribution in [2.24, 2.45) is 0 Å². The van der Waals surface area contributed by atoms with Crippen LogP contribution in [0.4, 0.5) is 0 Å². The summed E-state index contributed by atoms with van der Waals surface area (Å²) in [6, 6.07) is 15.5. The predicted octanol–water partition coefficient (Wildman–Crippen LogP) is 3.70. The van der Waals surface area contributed by atoms with Crippen LogP contribution in [0.1, 0.15) is 31.1 Å². The minimum Gasteiger partial charge on any atom is -0.497 e. The topological polar surface area (TPSA) is 68.3 Å². The molecule has 1 aliphatic rings. The molecule has 1 heterocycles. The maximum absolute atomic E-state index is 12.5. The first-order valence-corrected chi connectivity index (χ1v) is 11.4. The molecule has 1 unspecified atom stereocenters. The molecular formula is C25H31ClN2O5. The predicted molar refractivity (Wildman–Crippen MR) is 126 cm³/mol. The maximum Gasteiger partial charge on any atom is 0.303 e. The summed E-state index contributed by atoms with van der Waals surface area (Å²) in [4.78, 5) is 27.7. The van der Waals surface area contributed by atoms with E-state index in [9.17, 15) is 9.59 Å². The fourth-order valence-electron chi connectivity index (χ4n) is 3.83. The van der Waals surface area contributed by atoms with Crippen molar-refractivity contribution in [2.75, 3.05) is 39.8 Å². The zero-order chi connectivity index (χ0) is 23.8. The molecule has 0 aliphatic carbocycles. The molecule has 178 valence electrons. The van der Waals surface area contributed by atoms with Crippen molar-refractivity contribution < 1.29 is 23.8 Å². The van der Waals surface area contributed by atoms with Crippen molar-refractivity contribution in [3.8, 4) is 5.75 Å². The van der Waals surface area contributed by atoms with E-state index in [0.717, 1.165) is 16.9 Å². The molecule has 0 N–H and O–H groups in total. The molecule has 0 saturated carbocycles. The average molecular weight is 475 g/mol. The Kier molecular flexibility index (Phi) is 9.11. The molecule has 2 aromatic rings. The molecule has 0 spiro atoms. The molecule has 1 aliphatic heterocycles. The quantitative estimate of drug-likeness (QED) is 0.516. The second kappa shape index (κ2) is 12.0. The van der Waals surface area contributed by atoms with Crippen molar-refractivity contribution in [3.63, 3.8) is 0 Å². The monoisotopic (exact) mass is 474 g/mol. The first-order chi connectivity index (χ1) is 15.9. The van der Waals surface area contributed by atoms with Gasteiger partial charge in [0.05, 0.1) is 19.8 Å². The van der Waals surface area contributed by atoms with Crippen LogP contribution in [0.15, 0.2) is 48.5 Å². The number of halogens is 1. The Labute approximate surface area is 200 Å². The van der Waals surface area contributed by atoms with E-state index >= 15 is 0 Å². The van der Waals surface area contributed by atoms with E-state index in [1.807, 2.05) is 48.5 Å². The van der Waals surface area contributed by atoms with Gasteiger partial charge >= 0.3 is 5.97 Å². The van der Waals surface area contributed by atoms with Crippen LogP contribution >= 0.6 is 11.6 Å². The van der Waals surface area contributed by atoms with Gasteiger partial charge in [0.25, 0.3) is 5.91 Å². The van der Waals surface area contributed by atoms with Crippen LogP contribution in [0.5, 0.6) is 5.75 Å². The number of benzene rings is 2. The van der Waals surface area contributed by atoms with Gasteiger partial charge in [0.1, 0.15) is 5.75 Å². The van der Waals surface area contributed by atoms with Gasteiger partial charge in [-0.2, -0.15) is 0 Å². The third-order valence-electron chi connectivity index (χ3n) is 5.63. The van der Waals surface area contributed by atoms with E-state index in [-0.39, 0.29) is 12.0 Å². The highest BCUT2D eigenvalue weighted by Gasteiger charge is 2.28. The minimum absolute atomic E-state index is 0.157. The first kappa shape index (κ1) is 25.0. The number of hydrogen-bond acceptors (Lipinski definition) is 6. The number of rotatable bonds is 9. The molecule has 2 aromatic carbocycles. The van der Waals surface area contributed by atoms with Gasteiger partial charge in [0, 0.05) is 44.7 Å². The van der Waals surface area contributed by atoms with Gasteiger partial charge in [0.15, 0.2) is 6.10 Å². The summed E-state index contributed by atoms with van der Waals surface area (Å²) in [5, 5.41) is 0.680. The lowest BCUT2D eigenvalue weighted by atomic mass is 10.1. The Bertz CT molecular complexity index is 929.